The molecule has 1 aromatic carbocycles. The average molecular weight is 300 g/mol. The number of aromatic nitrogens is 1. The van der Waals surface area contributed by atoms with E-state index < -0.39 is 0 Å². The van der Waals surface area contributed by atoms with Gasteiger partial charge in [-0.15, -0.1) is 0 Å². The Morgan fingerprint density at radius 3 is 2.41 bits per heavy atom. The van der Waals surface area contributed by atoms with Crippen LogP contribution in [0.25, 0.3) is 10.9 Å². The van der Waals surface area contributed by atoms with Crippen LogP contribution in [0.5, 0.6) is 0 Å². The van der Waals surface area contributed by atoms with Crippen molar-refractivity contribution in [2.75, 3.05) is 51.6 Å². The maximum Gasteiger partial charge on any atom is 0.0727 e. The number of nitrogens with zero attached hydrogens (tertiary/aromatic N) is 3. The molecule has 0 fully saturated rings. The Kier molecular flexibility index (Phi) is 5.24. The molecule has 0 amide bonds. The highest BCUT2D eigenvalue weighted by atomic mass is 15.1. The zero-order valence-corrected chi connectivity index (χ0v) is 14.7. The fourth-order valence-corrected chi connectivity index (χ4v) is 2.92. The minimum Gasteiger partial charge on any atom is -0.378 e. The van der Waals surface area contributed by atoms with E-state index in [0.717, 1.165) is 30.6 Å². The Morgan fingerprint density at radius 2 is 1.82 bits per heavy atom. The molecule has 0 atom stereocenters. The maximum absolute atomic E-state index is 4.83. The third-order valence-corrected chi connectivity index (χ3v) is 4.06. The van der Waals surface area contributed by atoms with Crippen molar-refractivity contribution in [2.24, 2.45) is 0 Å². The van der Waals surface area contributed by atoms with Crippen molar-refractivity contribution in [2.45, 2.75) is 19.8 Å². The summed E-state index contributed by atoms with van der Waals surface area (Å²) in [5, 5.41) is 4.46. The van der Waals surface area contributed by atoms with Gasteiger partial charge in [0.15, 0.2) is 0 Å². The predicted octanol–water partition coefficient (Wildman–Crippen LogP) is 2.83. The van der Waals surface area contributed by atoms with Crippen LogP contribution in [-0.2, 0) is 6.42 Å². The summed E-state index contributed by atoms with van der Waals surface area (Å²) in [6.45, 7) is 3.16. The van der Waals surface area contributed by atoms with E-state index in [4.69, 9.17) is 4.98 Å². The molecule has 0 saturated carbocycles. The molecule has 1 N–H and O–H groups in total. The molecule has 120 valence electrons. The van der Waals surface area contributed by atoms with Gasteiger partial charge in [0, 0.05) is 45.0 Å². The van der Waals surface area contributed by atoms with Gasteiger partial charge >= 0.3 is 0 Å². The van der Waals surface area contributed by atoms with E-state index in [2.05, 4.69) is 68.4 Å². The molecule has 0 aliphatic heterocycles. The maximum atomic E-state index is 4.83. The summed E-state index contributed by atoms with van der Waals surface area (Å²) in [5.41, 5.74) is 6.10. The van der Waals surface area contributed by atoms with Crippen LogP contribution >= 0.6 is 0 Å². The van der Waals surface area contributed by atoms with Crippen LogP contribution in [0.15, 0.2) is 18.2 Å². The molecule has 0 aliphatic rings. The lowest BCUT2D eigenvalue weighted by molar-refractivity contribution is 0.721. The molecular weight excluding hydrogens is 272 g/mol. The lowest BCUT2D eigenvalue weighted by Gasteiger charge is -2.23. The Balaban J connectivity index is 2.61. The zero-order chi connectivity index (χ0) is 16.3. The topological polar surface area (TPSA) is 31.4 Å². The first-order chi connectivity index (χ1) is 10.5. The number of hydrogen-bond acceptors (Lipinski definition) is 4. The monoisotopic (exact) mass is 300 g/mol. The van der Waals surface area contributed by atoms with Crippen LogP contribution in [0.3, 0.4) is 0 Å². The van der Waals surface area contributed by atoms with Crippen LogP contribution in [0.2, 0.25) is 0 Å². The van der Waals surface area contributed by atoms with Crippen molar-refractivity contribution in [3.63, 3.8) is 0 Å². The number of nitrogens with one attached hydrogen (secondary N) is 1. The summed E-state index contributed by atoms with van der Waals surface area (Å²) in [7, 11) is 10.4. The second kappa shape index (κ2) is 6.97. The number of anilines is 2. The van der Waals surface area contributed by atoms with Gasteiger partial charge in [-0.1, -0.05) is 0 Å². The van der Waals surface area contributed by atoms with E-state index >= 15 is 0 Å². The van der Waals surface area contributed by atoms with Crippen LogP contribution in [0, 0.1) is 6.92 Å². The van der Waals surface area contributed by atoms with Crippen molar-refractivity contribution < 1.29 is 0 Å². The molecule has 1 aromatic heterocycles. The van der Waals surface area contributed by atoms with Gasteiger partial charge < -0.3 is 15.1 Å². The Bertz CT molecular complexity index is 647. The van der Waals surface area contributed by atoms with Crippen molar-refractivity contribution in [3.05, 3.63) is 29.5 Å². The molecule has 0 spiro atoms. The van der Waals surface area contributed by atoms with Gasteiger partial charge in [-0.05, 0) is 57.1 Å². The summed E-state index contributed by atoms with van der Waals surface area (Å²) in [6, 6.07) is 6.51. The third kappa shape index (κ3) is 3.33. The quantitative estimate of drug-likeness (QED) is 0.831. The number of benzene rings is 1. The molecule has 2 aromatic rings. The van der Waals surface area contributed by atoms with Gasteiger partial charge in [-0.2, -0.15) is 0 Å². The molecule has 4 heteroatoms. The standard InChI is InChI=1S/C18H28N4/c1-13-15(8-7-11-19-2)18(22(5)6)16-12-14(21(3)4)9-10-17(16)20-13/h9-10,12,19H,7-8,11H2,1-6H3. The molecule has 2 rings (SSSR count). The van der Waals surface area contributed by atoms with Gasteiger partial charge in [0.1, 0.15) is 0 Å². The highest BCUT2D eigenvalue weighted by molar-refractivity contribution is 5.96. The van der Waals surface area contributed by atoms with E-state index in [1.54, 1.807) is 0 Å². The summed E-state index contributed by atoms with van der Waals surface area (Å²) in [5.74, 6) is 0. The Hall–Kier alpha value is -1.81. The lowest BCUT2D eigenvalue weighted by Crippen LogP contribution is -2.16. The minimum atomic E-state index is 1.03. The highest BCUT2D eigenvalue weighted by Gasteiger charge is 2.15. The van der Waals surface area contributed by atoms with E-state index in [-0.39, 0.29) is 0 Å². The Labute approximate surface area is 134 Å². The number of fused-ring (bicyclic) bond motifs is 1. The number of rotatable bonds is 6. The van der Waals surface area contributed by atoms with Crippen molar-refractivity contribution in [1.29, 1.82) is 0 Å². The van der Waals surface area contributed by atoms with Gasteiger partial charge in [0.05, 0.1) is 11.2 Å². The van der Waals surface area contributed by atoms with Crippen LogP contribution in [0.4, 0.5) is 11.4 Å². The van der Waals surface area contributed by atoms with Gasteiger partial charge in [0.25, 0.3) is 0 Å². The molecule has 0 radical (unpaired) electrons. The fraction of sp³-hybridized carbons (Fsp3) is 0.500. The number of pyridine rings is 1. The normalized spacial score (nSPS) is 11.0. The van der Waals surface area contributed by atoms with Crippen LogP contribution in [-0.4, -0.2) is 46.8 Å². The zero-order valence-electron chi connectivity index (χ0n) is 14.7. The molecule has 0 aliphatic carbocycles. The van der Waals surface area contributed by atoms with Crippen molar-refractivity contribution >= 4 is 22.3 Å². The first kappa shape index (κ1) is 16.6. The number of aryl methyl sites for hydroxylation is 1. The van der Waals surface area contributed by atoms with E-state index in [1.165, 1.54) is 22.3 Å². The molecule has 1 heterocycles. The van der Waals surface area contributed by atoms with Gasteiger partial charge in [0.2, 0.25) is 0 Å². The van der Waals surface area contributed by atoms with Crippen LogP contribution in [0.1, 0.15) is 17.7 Å². The highest BCUT2D eigenvalue weighted by Crippen LogP contribution is 2.33. The average Bonchev–Trinajstić information content (AvgIpc) is 2.46. The first-order valence-corrected chi connectivity index (χ1v) is 7.88. The van der Waals surface area contributed by atoms with E-state index in [9.17, 15) is 0 Å². The number of hydrogen-bond donors (Lipinski definition) is 1. The molecule has 4 nitrogen and oxygen atoms in total. The first-order valence-electron chi connectivity index (χ1n) is 7.88. The largest absolute Gasteiger partial charge is 0.378 e. The minimum absolute atomic E-state index is 1.03. The second-order valence-electron chi connectivity index (χ2n) is 6.22. The van der Waals surface area contributed by atoms with Crippen molar-refractivity contribution in [3.8, 4) is 0 Å². The summed E-state index contributed by atoms with van der Waals surface area (Å²) >= 11 is 0. The summed E-state index contributed by atoms with van der Waals surface area (Å²) in [4.78, 5) is 9.20. The third-order valence-electron chi connectivity index (χ3n) is 4.06. The fourth-order valence-electron chi connectivity index (χ4n) is 2.92. The summed E-state index contributed by atoms with van der Waals surface area (Å²) in [6.07, 6.45) is 2.17. The van der Waals surface area contributed by atoms with Crippen molar-refractivity contribution in [1.82, 2.24) is 10.3 Å². The van der Waals surface area contributed by atoms with Crippen LogP contribution < -0.4 is 15.1 Å². The molecule has 0 unspecified atom stereocenters. The molecule has 0 bridgehead atoms. The molecule has 0 saturated heterocycles. The lowest BCUT2D eigenvalue weighted by atomic mass is 10.0. The van der Waals surface area contributed by atoms with Gasteiger partial charge in [-0.3, -0.25) is 4.98 Å². The SMILES string of the molecule is CNCCCc1c(C)nc2ccc(N(C)C)cc2c1N(C)C. The Morgan fingerprint density at radius 1 is 1.09 bits per heavy atom. The second-order valence-corrected chi connectivity index (χ2v) is 6.22. The summed E-state index contributed by atoms with van der Waals surface area (Å²) < 4.78 is 0. The molecule has 22 heavy (non-hydrogen) atoms. The van der Waals surface area contributed by atoms with E-state index in [0.29, 0.717) is 0 Å². The molecular formula is C18H28N4. The predicted molar refractivity (Wildman–Crippen MR) is 97.4 cm³/mol. The van der Waals surface area contributed by atoms with Gasteiger partial charge in [-0.25, -0.2) is 0 Å². The smallest absolute Gasteiger partial charge is 0.0727 e. The van der Waals surface area contributed by atoms with E-state index in [1.807, 2.05) is 7.05 Å².